The molecule has 1 fully saturated rings. The highest BCUT2D eigenvalue weighted by atomic mass is 32.2. The minimum Gasteiger partial charge on any atom is -0.341 e. The smallest absolute Gasteiger partial charge is 0.181 e. The fourth-order valence-electron chi connectivity index (χ4n) is 2.10. The first-order valence-corrected chi connectivity index (χ1v) is 7.33. The molecule has 2 aromatic heterocycles. The maximum Gasteiger partial charge on any atom is 0.181 e. The third kappa shape index (κ3) is 2.04. The minimum absolute atomic E-state index is 0.422. The van der Waals surface area contributed by atoms with Crippen LogP contribution >= 0.6 is 24.4 Å². The van der Waals surface area contributed by atoms with E-state index in [0.717, 1.165) is 27.7 Å². The van der Waals surface area contributed by atoms with Crippen LogP contribution in [0.25, 0.3) is 11.2 Å². The summed E-state index contributed by atoms with van der Waals surface area (Å²) in [6, 6.07) is 0. The van der Waals surface area contributed by atoms with E-state index in [1.54, 1.807) is 24.4 Å². The molecule has 0 radical (unpaired) electrons. The maximum absolute atomic E-state index is 4.47. The molecule has 1 aliphatic carbocycles. The highest BCUT2D eigenvalue weighted by Crippen LogP contribution is 2.45. The molecule has 0 aliphatic heterocycles. The number of hydrogen-bond donors (Lipinski definition) is 2. The number of nitrogens with one attached hydrogen (secondary N) is 1. The Bertz CT molecular complexity index is 515. The number of aromatic amines is 1. The highest BCUT2D eigenvalue weighted by Gasteiger charge is 2.35. The second-order valence-electron chi connectivity index (χ2n) is 4.58. The number of aromatic nitrogens is 4. The maximum atomic E-state index is 4.47. The van der Waals surface area contributed by atoms with Crippen LogP contribution in [-0.4, -0.2) is 31.4 Å². The van der Waals surface area contributed by atoms with Crippen LogP contribution in [0.3, 0.4) is 0 Å². The first-order chi connectivity index (χ1) is 8.33. The lowest BCUT2D eigenvalue weighted by Gasteiger charge is -2.40. The zero-order valence-electron chi connectivity index (χ0n) is 9.39. The summed E-state index contributed by atoms with van der Waals surface area (Å²) in [6.45, 7) is 0. The van der Waals surface area contributed by atoms with Gasteiger partial charge in [0, 0.05) is 5.75 Å². The van der Waals surface area contributed by atoms with Crippen molar-refractivity contribution in [3.05, 3.63) is 12.7 Å². The number of thiol groups is 1. The topological polar surface area (TPSA) is 54.5 Å². The lowest BCUT2D eigenvalue weighted by Crippen LogP contribution is -2.33. The molecule has 1 aliphatic rings. The standard InChI is InChI=1S/C11H14N4S2/c16-4-11(2-1-3-11)5-17-10-8-9(13-6-12-8)14-7-15-10/h6-7,16H,1-5H2,(H,12,13,14,15). The lowest BCUT2D eigenvalue weighted by atomic mass is 9.72. The second-order valence-corrected chi connectivity index (χ2v) is 5.86. The van der Waals surface area contributed by atoms with Gasteiger partial charge in [-0.25, -0.2) is 15.0 Å². The van der Waals surface area contributed by atoms with Gasteiger partial charge in [0.15, 0.2) is 5.65 Å². The Hall–Kier alpha value is -0.750. The summed E-state index contributed by atoms with van der Waals surface area (Å²) in [4.78, 5) is 15.7. The number of rotatable bonds is 4. The zero-order chi connectivity index (χ0) is 11.7. The highest BCUT2D eigenvalue weighted by molar-refractivity contribution is 7.99. The van der Waals surface area contributed by atoms with Gasteiger partial charge in [0.2, 0.25) is 0 Å². The fourth-order valence-corrected chi connectivity index (χ4v) is 3.93. The summed E-state index contributed by atoms with van der Waals surface area (Å²) in [5.41, 5.74) is 2.12. The molecule has 0 atom stereocenters. The van der Waals surface area contributed by atoms with Crippen LogP contribution in [0, 0.1) is 5.41 Å². The Morgan fingerprint density at radius 2 is 2.24 bits per heavy atom. The monoisotopic (exact) mass is 266 g/mol. The predicted molar refractivity (Wildman–Crippen MR) is 72.5 cm³/mol. The van der Waals surface area contributed by atoms with Crippen molar-refractivity contribution in [3.63, 3.8) is 0 Å². The molecule has 0 saturated heterocycles. The summed E-state index contributed by atoms with van der Waals surface area (Å²) in [5.74, 6) is 2.05. The largest absolute Gasteiger partial charge is 0.341 e. The van der Waals surface area contributed by atoms with Crippen molar-refractivity contribution in [2.24, 2.45) is 5.41 Å². The normalized spacial score (nSPS) is 18.2. The summed E-state index contributed by atoms with van der Waals surface area (Å²) < 4.78 is 0. The molecule has 6 heteroatoms. The zero-order valence-corrected chi connectivity index (χ0v) is 11.1. The minimum atomic E-state index is 0.422. The second kappa shape index (κ2) is 4.49. The van der Waals surface area contributed by atoms with Crippen LogP contribution in [0.15, 0.2) is 17.7 Å². The van der Waals surface area contributed by atoms with Gasteiger partial charge < -0.3 is 4.98 Å². The van der Waals surface area contributed by atoms with Crippen LogP contribution in [0.5, 0.6) is 0 Å². The predicted octanol–water partition coefficient (Wildman–Crippen LogP) is 2.55. The SMILES string of the molecule is SCC1(CSc2ncnc3nc[nH]c23)CCC1. The average Bonchev–Trinajstić information content (AvgIpc) is 2.77. The fraction of sp³-hybridized carbons (Fsp3) is 0.545. The molecule has 0 unspecified atom stereocenters. The van der Waals surface area contributed by atoms with Crippen molar-refractivity contribution in [2.45, 2.75) is 24.3 Å². The number of H-pyrrole nitrogens is 1. The molecule has 2 heterocycles. The van der Waals surface area contributed by atoms with Crippen molar-refractivity contribution in [3.8, 4) is 0 Å². The Morgan fingerprint density at radius 1 is 1.35 bits per heavy atom. The van der Waals surface area contributed by atoms with Crippen LogP contribution in [0.4, 0.5) is 0 Å². The average molecular weight is 266 g/mol. The molecular formula is C11H14N4S2. The molecule has 0 bridgehead atoms. The Labute approximate surface area is 109 Å². The third-order valence-electron chi connectivity index (χ3n) is 3.45. The van der Waals surface area contributed by atoms with E-state index in [1.165, 1.54) is 19.3 Å². The van der Waals surface area contributed by atoms with Gasteiger partial charge in [0.25, 0.3) is 0 Å². The van der Waals surface area contributed by atoms with Crippen LogP contribution < -0.4 is 0 Å². The van der Waals surface area contributed by atoms with E-state index in [2.05, 4.69) is 32.6 Å². The van der Waals surface area contributed by atoms with Crippen molar-refractivity contribution >= 4 is 35.6 Å². The molecule has 0 spiro atoms. The van der Waals surface area contributed by atoms with E-state index in [-0.39, 0.29) is 0 Å². The van der Waals surface area contributed by atoms with E-state index in [1.807, 2.05) is 0 Å². The van der Waals surface area contributed by atoms with Gasteiger partial charge in [-0.1, -0.05) is 6.42 Å². The van der Waals surface area contributed by atoms with Gasteiger partial charge in [0.05, 0.1) is 6.33 Å². The molecule has 2 aromatic rings. The quantitative estimate of drug-likeness (QED) is 0.507. The van der Waals surface area contributed by atoms with E-state index in [0.29, 0.717) is 5.41 Å². The first-order valence-electron chi connectivity index (χ1n) is 5.71. The lowest BCUT2D eigenvalue weighted by molar-refractivity contribution is 0.205. The Kier molecular flexibility index (Phi) is 3.00. The summed E-state index contributed by atoms with van der Waals surface area (Å²) in [5, 5.41) is 1.00. The molecular weight excluding hydrogens is 252 g/mol. The molecule has 0 aromatic carbocycles. The van der Waals surface area contributed by atoms with Gasteiger partial charge in [-0.05, 0) is 24.0 Å². The molecule has 0 amide bonds. The van der Waals surface area contributed by atoms with E-state index in [9.17, 15) is 0 Å². The van der Waals surface area contributed by atoms with Crippen molar-refractivity contribution < 1.29 is 0 Å². The van der Waals surface area contributed by atoms with Gasteiger partial charge in [-0.3, -0.25) is 0 Å². The summed E-state index contributed by atoms with van der Waals surface area (Å²) >= 11 is 6.26. The van der Waals surface area contributed by atoms with E-state index < -0.39 is 0 Å². The Morgan fingerprint density at radius 3 is 2.94 bits per heavy atom. The molecule has 1 N–H and O–H groups in total. The first kappa shape index (κ1) is 11.3. The van der Waals surface area contributed by atoms with Crippen LogP contribution in [0.1, 0.15) is 19.3 Å². The molecule has 17 heavy (non-hydrogen) atoms. The summed E-state index contributed by atoms with van der Waals surface area (Å²) in [6.07, 6.45) is 7.17. The number of nitrogens with zero attached hydrogens (tertiary/aromatic N) is 3. The van der Waals surface area contributed by atoms with Gasteiger partial charge in [-0.2, -0.15) is 12.6 Å². The molecule has 90 valence electrons. The number of fused-ring (bicyclic) bond motifs is 1. The van der Waals surface area contributed by atoms with E-state index >= 15 is 0 Å². The number of thioether (sulfide) groups is 1. The molecule has 1 saturated carbocycles. The molecule has 4 nitrogen and oxygen atoms in total. The van der Waals surface area contributed by atoms with Crippen LogP contribution in [-0.2, 0) is 0 Å². The van der Waals surface area contributed by atoms with Gasteiger partial charge in [-0.15, -0.1) is 11.8 Å². The van der Waals surface area contributed by atoms with Crippen molar-refractivity contribution in [1.82, 2.24) is 19.9 Å². The van der Waals surface area contributed by atoms with E-state index in [4.69, 9.17) is 0 Å². The number of imidazole rings is 1. The van der Waals surface area contributed by atoms with Crippen LogP contribution in [0.2, 0.25) is 0 Å². The number of hydrogen-bond acceptors (Lipinski definition) is 5. The molecule has 3 rings (SSSR count). The van der Waals surface area contributed by atoms with Crippen molar-refractivity contribution in [2.75, 3.05) is 11.5 Å². The summed E-state index contributed by atoms with van der Waals surface area (Å²) in [7, 11) is 0. The third-order valence-corrected chi connectivity index (χ3v) is 5.46. The van der Waals surface area contributed by atoms with Crippen molar-refractivity contribution in [1.29, 1.82) is 0 Å². The van der Waals surface area contributed by atoms with Gasteiger partial charge >= 0.3 is 0 Å². The Balaban J connectivity index is 1.78. The van der Waals surface area contributed by atoms with Gasteiger partial charge in [0.1, 0.15) is 16.9 Å².